The molecule has 0 amide bonds. The molecule has 1 aliphatic heterocycles. The number of unbranched alkanes of at least 4 members (excludes halogenated alkanes) is 4. The van der Waals surface area contributed by atoms with Gasteiger partial charge in [-0.25, -0.2) is 0 Å². The number of hydrogen-bond donors (Lipinski definition) is 4. The van der Waals surface area contributed by atoms with Gasteiger partial charge in [-0.05, 0) is 70.6 Å². The molecule has 1 rings (SSSR count). The number of aliphatic hydroxyl groups is 4. The Bertz CT molecular complexity index is 1030. The number of ether oxygens (including phenoxy) is 4. The van der Waals surface area contributed by atoms with Crippen LogP contribution in [0.1, 0.15) is 104 Å². The van der Waals surface area contributed by atoms with Crippen LogP contribution in [-0.2, 0) is 23.7 Å². The normalized spacial score (nSPS) is 22.6. The van der Waals surface area contributed by atoms with Gasteiger partial charge in [0.1, 0.15) is 30.5 Å². The van der Waals surface area contributed by atoms with Crippen molar-refractivity contribution >= 4 is 5.97 Å². The number of allylic oxidation sites excluding steroid dienone is 14. The van der Waals surface area contributed by atoms with E-state index in [9.17, 15) is 25.2 Å². The van der Waals surface area contributed by atoms with Crippen molar-refractivity contribution in [1.29, 1.82) is 0 Å². The molecule has 1 fully saturated rings. The lowest BCUT2D eigenvalue weighted by Crippen LogP contribution is -2.59. The Kier molecular flexibility index (Phi) is 29.3. The highest BCUT2D eigenvalue weighted by atomic mass is 16.7. The minimum Gasteiger partial charge on any atom is -0.457 e. The Balaban J connectivity index is 2.43. The van der Waals surface area contributed by atoms with Crippen LogP contribution in [0.15, 0.2) is 85.1 Å². The SMILES string of the molecule is CC/C=C\C/C=C\C/C=C\C/C=C\CCC(=O)OC(COCCCCCC/C=C\C/C=C\C/C=C\CC)COC1OC(CO)C(O)C(O)C1O. The van der Waals surface area contributed by atoms with E-state index in [-0.39, 0.29) is 19.6 Å². The van der Waals surface area contributed by atoms with E-state index in [1.807, 2.05) is 12.2 Å². The molecule has 284 valence electrons. The lowest BCUT2D eigenvalue weighted by atomic mass is 9.99. The van der Waals surface area contributed by atoms with E-state index in [1.165, 1.54) is 0 Å². The van der Waals surface area contributed by atoms with Crippen LogP contribution in [0.5, 0.6) is 0 Å². The Morgan fingerprint density at radius 3 is 1.72 bits per heavy atom. The summed E-state index contributed by atoms with van der Waals surface area (Å²) in [6, 6.07) is 0. The summed E-state index contributed by atoms with van der Waals surface area (Å²) in [6.07, 6.45) is 34.8. The highest BCUT2D eigenvalue weighted by Gasteiger charge is 2.44. The second-order valence-corrected chi connectivity index (χ2v) is 12.3. The van der Waals surface area contributed by atoms with Gasteiger partial charge in [-0.2, -0.15) is 0 Å². The van der Waals surface area contributed by atoms with Crippen molar-refractivity contribution < 1.29 is 44.2 Å². The van der Waals surface area contributed by atoms with Gasteiger partial charge in [0.05, 0.1) is 19.8 Å². The summed E-state index contributed by atoms with van der Waals surface area (Å²) in [4.78, 5) is 12.6. The molecule has 0 bridgehead atoms. The number of esters is 1. The van der Waals surface area contributed by atoms with Gasteiger partial charge in [-0.15, -0.1) is 0 Å². The minimum absolute atomic E-state index is 0.0949. The second-order valence-electron chi connectivity index (χ2n) is 12.3. The number of hydrogen-bond acceptors (Lipinski definition) is 9. The molecule has 0 spiro atoms. The van der Waals surface area contributed by atoms with E-state index >= 15 is 0 Å². The zero-order valence-corrected chi connectivity index (χ0v) is 30.6. The monoisotopic (exact) mass is 702 g/mol. The zero-order chi connectivity index (χ0) is 36.5. The molecule has 6 unspecified atom stereocenters. The molecule has 9 nitrogen and oxygen atoms in total. The summed E-state index contributed by atoms with van der Waals surface area (Å²) in [5, 5.41) is 39.9. The van der Waals surface area contributed by atoms with Gasteiger partial charge >= 0.3 is 5.97 Å². The quantitative estimate of drug-likeness (QED) is 0.0365. The van der Waals surface area contributed by atoms with Crippen molar-refractivity contribution in [2.45, 2.75) is 141 Å². The van der Waals surface area contributed by atoms with E-state index < -0.39 is 49.4 Å². The maximum Gasteiger partial charge on any atom is 0.306 e. The molecule has 0 aromatic rings. The number of carbonyl (C=O) groups is 1. The Hall–Kier alpha value is -2.63. The summed E-state index contributed by atoms with van der Waals surface area (Å²) in [5.41, 5.74) is 0. The van der Waals surface area contributed by atoms with Gasteiger partial charge in [0.2, 0.25) is 0 Å². The van der Waals surface area contributed by atoms with E-state index in [4.69, 9.17) is 18.9 Å². The molecule has 0 radical (unpaired) electrons. The summed E-state index contributed by atoms with van der Waals surface area (Å²) in [7, 11) is 0. The molecule has 0 aliphatic carbocycles. The maximum absolute atomic E-state index is 12.6. The average molecular weight is 703 g/mol. The lowest BCUT2D eigenvalue weighted by Gasteiger charge is -2.39. The van der Waals surface area contributed by atoms with Crippen molar-refractivity contribution in [3.8, 4) is 0 Å². The summed E-state index contributed by atoms with van der Waals surface area (Å²) in [5.74, 6) is -0.407. The van der Waals surface area contributed by atoms with Crippen molar-refractivity contribution in [2.24, 2.45) is 0 Å². The first-order valence-corrected chi connectivity index (χ1v) is 18.7. The van der Waals surface area contributed by atoms with E-state index in [0.717, 1.165) is 77.0 Å². The average Bonchev–Trinajstić information content (AvgIpc) is 3.11. The lowest BCUT2D eigenvalue weighted by molar-refractivity contribution is -0.305. The molecule has 50 heavy (non-hydrogen) atoms. The van der Waals surface area contributed by atoms with Crippen LogP contribution >= 0.6 is 0 Å². The molecule has 4 N–H and O–H groups in total. The zero-order valence-electron chi connectivity index (χ0n) is 30.6. The fourth-order valence-electron chi connectivity index (χ4n) is 4.93. The number of rotatable bonds is 29. The van der Waals surface area contributed by atoms with E-state index in [2.05, 4.69) is 86.8 Å². The largest absolute Gasteiger partial charge is 0.457 e. The van der Waals surface area contributed by atoms with Crippen LogP contribution in [0.25, 0.3) is 0 Å². The van der Waals surface area contributed by atoms with Gasteiger partial charge in [0.15, 0.2) is 6.29 Å². The molecule has 1 saturated heterocycles. The standard InChI is InChI=1S/C41H66O9/c1-3-5-7-9-11-13-15-17-19-21-23-25-27-29-31-47-33-35(34-48-41-40(46)39(45)38(44)36(32-42)50-41)49-37(43)30-28-26-24-22-20-18-16-14-12-10-8-6-4-2/h5-8,11-14,17-20,24,26,35-36,38-42,44-46H,3-4,9-10,15-16,21-23,25,27-34H2,1-2H3/b7-5-,8-6-,13-11-,14-12-,19-17-,20-18-,26-24-. The smallest absolute Gasteiger partial charge is 0.306 e. The van der Waals surface area contributed by atoms with Crippen LogP contribution in [-0.4, -0.2) is 89.6 Å². The Morgan fingerprint density at radius 2 is 1.16 bits per heavy atom. The molecule has 0 saturated carbocycles. The summed E-state index contributed by atoms with van der Waals surface area (Å²) >= 11 is 0. The Morgan fingerprint density at radius 1 is 0.640 bits per heavy atom. The predicted molar refractivity (Wildman–Crippen MR) is 200 cm³/mol. The first kappa shape index (κ1) is 45.4. The predicted octanol–water partition coefficient (Wildman–Crippen LogP) is 7.13. The third-order valence-electron chi connectivity index (χ3n) is 7.82. The van der Waals surface area contributed by atoms with Crippen molar-refractivity contribution in [3.63, 3.8) is 0 Å². The summed E-state index contributed by atoms with van der Waals surface area (Å²) in [6.45, 7) is 4.14. The highest BCUT2D eigenvalue weighted by Crippen LogP contribution is 2.22. The van der Waals surface area contributed by atoms with Gasteiger partial charge in [-0.1, -0.05) is 112 Å². The van der Waals surface area contributed by atoms with Gasteiger partial charge in [-0.3, -0.25) is 4.79 Å². The van der Waals surface area contributed by atoms with Crippen LogP contribution in [0.3, 0.4) is 0 Å². The first-order chi connectivity index (χ1) is 24.4. The maximum atomic E-state index is 12.6. The Labute approximate surface area is 301 Å². The van der Waals surface area contributed by atoms with Gasteiger partial charge < -0.3 is 39.4 Å². The number of carbonyl (C=O) groups excluding carboxylic acids is 1. The molecular formula is C41H66O9. The molecule has 9 heteroatoms. The van der Waals surface area contributed by atoms with Crippen LogP contribution in [0.2, 0.25) is 0 Å². The van der Waals surface area contributed by atoms with Gasteiger partial charge in [0, 0.05) is 13.0 Å². The van der Waals surface area contributed by atoms with Crippen LogP contribution < -0.4 is 0 Å². The molecule has 0 aromatic heterocycles. The molecule has 6 atom stereocenters. The van der Waals surface area contributed by atoms with E-state index in [1.54, 1.807) is 0 Å². The third kappa shape index (κ3) is 23.7. The molecular weight excluding hydrogens is 636 g/mol. The number of aliphatic hydroxyl groups excluding tert-OH is 4. The molecule has 1 heterocycles. The highest BCUT2D eigenvalue weighted by molar-refractivity contribution is 5.69. The van der Waals surface area contributed by atoms with Gasteiger partial charge in [0.25, 0.3) is 0 Å². The minimum atomic E-state index is -1.56. The topological polar surface area (TPSA) is 135 Å². The van der Waals surface area contributed by atoms with Crippen molar-refractivity contribution in [1.82, 2.24) is 0 Å². The summed E-state index contributed by atoms with van der Waals surface area (Å²) < 4.78 is 22.6. The van der Waals surface area contributed by atoms with Crippen molar-refractivity contribution in [2.75, 3.05) is 26.4 Å². The van der Waals surface area contributed by atoms with Crippen LogP contribution in [0.4, 0.5) is 0 Å². The fraction of sp³-hybridized carbons (Fsp3) is 0.634. The fourth-order valence-corrected chi connectivity index (χ4v) is 4.93. The van der Waals surface area contributed by atoms with Crippen molar-refractivity contribution in [3.05, 3.63) is 85.1 Å². The molecule has 1 aliphatic rings. The molecule has 0 aromatic carbocycles. The third-order valence-corrected chi connectivity index (χ3v) is 7.82. The first-order valence-electron chi connectivity index (χ1n) is 18.7. The second kappa shape index (κ2) is 32.3. The van der Waals surface area contributed by atoms with Crippen LogP contribution in [0, 0.1) is 0 Å². The van der Waals surface area contributed by atoms with E-state index in [0.29, 0.717) is 13.0 Å².